The second kappa shape index (κ2) is 7.01. The van der Waals surface area contributed by atoms with E-state index in [2.05, 4.69) is 89.7 Å². The normalized spacial score (nSPS) is 16.1. The average molecular weight is 348 g/mol. The van der Waals surface area contributed by atoms with Crippen LogP contribution in [0.4, 0.5) is 0 Å². The molecule has 0 saturated carbocycles. The summed E-state index contributed by atoms with van der Waals surface area (Å²) in [6.45, 7) is 6.44. The first-order chi connectivity index (χ1) is 12.6. The van der Waals surface area contributed by atoms with Gasteiger partial charge in [-0.1, -0.05) is 47.5 Å². The summed E-state index contributed by atoms with van der Waals surface area (Å²) in [5, 5.41) is 0. The van der Waals surface area contributed by atoms with Crippen molar-refractivity contribution in [1.82, 2.24) is 31.5 Å². The first kappa shape index (κ1) is 16.9. The van der Waals surface area contributed by atoms with E-state index >= 15 is 0 Å². The maximum atomic E-state index is 4.78. The van der Waals surface area contributed by atoms with Crippen LogP contribution < -0.4 is 21.9 Å². The van der Waals surface area contributed by atoms with Crippen LogP contribution in [0.2, 0.25) is 0 Å². The summed E-state index contributed by atoms with van der Waals surface area (Å²) in [7, 11) is 0. The van der Waals surface area contributed by atoms with Gasteiger partial charge in [0, 0.05) is 11.1 Å². The summed E-state index contributed by atoms with van der Waals surface area (Å²) >= 11 is 0. The summed E-state index contributed by atoms with van der Waals surface area (Å²) in [5.74, 6) is 0. The van der Waals surface area contributed by atoms with Crippen LogP contribution in [0.15, 0.2) is 54.9 Å². The Balaban J connectivity index is 1.88. The third-order valence-corrected chi connectivity index (χ3v) is 4.78. The molecule has 3 aromatic rings. The zero-order valence-corrected chi connectivity index (χ0v) is 15.2. The Morgan fingerprint density at radius 2 is 1.58 bits per heavy atom. The highest BCUT2D eigenvalue weighted by Crippen LogP contribution is 2.34. The Labute approximate surface area is 153 Å². The molecule has 1 aromatic heterocycles. The molecule has 26 heavy (non-hydrogen) atoms. The average Bonchev–Trinajstić information content (AvgIpc) is 3.31. The van der Waals surface area contributed by atoms with Gasteiger partial charge in [-0.3, -0.25) is 0 Å². The van der Waals surface area contributed by atoms with E-state index in [1.54, 1.807) is 0 Å². The molecule has 1 aliphatic rings. The predicted molar refractivity (Wildman–Crippen MR) is 104 cm³/mol. The molecule has 4 N–H and O–H groups in total. The number of aryl methyl sites for hydroxylation is 2. The molecule has 0 aliphatic carbocycles. The quantitative estimate of drug-likeness (QED) is 0.584. The number of hydrogen-bond donors (Lipinski definition) is 4. The van der Waals surface area contributed by atoms with Crippen LogP contribution in [0, 0.1) is 13.8 Å². The van der Waals surface area contributed by atoms with Crippen molar-refractivity contribution in [2.75, 3.05) is 0 Å². The third kappa shape index (κ3) is 3.15. The van der Waals surface area contributed by atoms with Crippen LogP contribution >= 0.6 is 0 Å². The molecule has 0 radical (unpaired) electrons. The number of nitrogens with zero attached hydrogens (tertiary/aromatic N) is 2. The Hall–Kier alpha value is -2.51. The van der Waals surface area contributed by atoms with Gasteiger partial charge in [0.25, 0.3) is 0 Å². The van der Waals surface area contributed by atoms with Gasteiger partial charge in [0.15, 0.2) is 0 Å². The van der Waals surface area contributed by atoms with Crippen molar-refractivity contribution in [1.29, 1.82) is 0 Å². The molecule has 0 spiro atoms. The molecule has 2 aromatic carbocycles. The zero-order valence-electron chi connectivity index (χ0n) is 15.2. The van der Waals surface area contributed by atoms with E-state index in [9.17, 15) is 0 Å². The molecular weight excluding hydrogens is 324 g/mol. The molecular formula is C20H24N6. The SMILES string of the molecule is Cc1cc(C)cc(-c2c(-c3ccccc3)ncn2C(C)C2NNNN2)c1. The minimum Gasteiger partial charge on any atom is -0.324 e. The van der Waals surface area contributed by atoms with Gasteiger partial charge in [-0.2, -0.15) is 11.1 Å². The van der Waals surface area contributed by atoms with Gasteiger partial charge in [-0.05, 0) is 32.9 Å². The number of aromatic nitrogens is 2. The van der Waals surface area contributed by atoms with Crippen molar-refractivity contribution < 1.29 is 0 Å². The van der Waals surface area contributed by atoms with Crippen molar-refractivity contribution in [3.8, 4) is 22.5 Å². The Morgan fingerprint density at radius 3 is 2.23 bits per heavy atom. The van der Waals surface area contributed by atoms with Gasteiger partial charge in [0.1, 0.15) is 6.17 Å². The minimum atomic E-state index is 0.0393. The largest absolute Gasteiger partial charge is 0.324 e. The molecule has 0 bridgehead atoms. The molecule has 1 aliphatic heterocycles. The van der Waals surface area contributed by atoms with Crippen molar-refractivity contribution in [2.24, 2.45) is 0 Å². The molecule has 0 amide bonds. The van der Waals surface area contributed by atoms with Crippen LogP contribution in [0.3, 0.4) is 0 Å². The fourth-order valence-electron chi connectivity index (χ4n) is 3.54. The molecule has 6 nitrogen and oxygen atoms in total. The van der Waals surface area contributed by atoms with Gasteiger partial charge >= 0.3 is 0 Å². The van der Waals surface area contributed by atoms with Crippen molar-refractivity contribution >= 4 is 0 Å². The van der Waals surface area contributed by atoms with E-state index in [0.717, 1.165) is 17.0 Å². The second-order valence-corrected chi connectivity index (χ2v) is 6.85. The maximum Gasteiger partial charge on any atom is 0.106 e. The fraction of sp³-hybridized carbons (Fsp3) is 0.250. The number of nitrogens with one attached hydrogen (secondary N) is 4. The fourth-order valence-corrected chi connectivity index (χ4v) is 3.54. The Morgan fingerprint density at radius 1 is 0.923 bits per heavy atom. The lowest BCUT2D eigenvalue weighted by Gasteiger charge is -2.23. The molecule has 2 heterocycles. The van der Waals surface area contributed by atoms with E-state index in [0.29, 0.717) is 0 Å². The van der Waals surface area contributed by atoms with Crippen LogP contribution in [0.1, 0.15) is 24.1 Å². The number of benzene rings is 2. The molecule has 1 saturated heterocycles. The topological polar surface area (TPSA) is 65.9 Å². The van der Waals surface area contributed by atoms with Crippen LogP contribution in [-0.2, 0) is 0 Å². The lowest BCUT2D eigenvalue weighted by molar-refractivity contribution is 0.368. The van der Waals surface area contributed by atoms with E-state index < -0.39 is 0 Å². The summed E-state index contributed by atoms with van der Waals surface area (Å²) in [4.78, 5) is 4.78. The first-order valence-electron chi connectivity index (χ1n) is 8.85. The lowest BCUT2D eigenvalue weighted by Crippen LogP contribution is -2.40. The van der Waals surface area contributed by atoms with Gasteiger partial charge in [0.05, 0.1) is 23.8 Å². The monoisotopic (exact) mass is 348 g/mol. The molecule has 6 heteroatoms. The number of hydrogen-bond acceptors (Lipinski definition) is 5. The van der Waals surface area contributed by atoms with Gasteiger partial charge in [-0.15, -0.1) is 0 Å². The van der Waals surface area contributed by atoms with Gasteiger partial charge in [0.2, 0.25) is 0 Å². The highest BCUT2D eigenvalue weighted by molar-refractivity contribution is 5.79. The smallest absolute Gasteiger partial charge is 0.106 e. The second-order valence-electron chi connectivity index (χ2n) is 6.85. The predicted octanol–water partition coefficient (Wildman–Crippen LogP) is 2.84. The molecule has 4 rings (SSSR count). The molecule has 1 unspecified atom stereocenters. The van der Waals surface area contributed by atoms with Crippen molar-refractivity contribution in [2.45, 2.75) is 33.0 Å². The van der Waals surface area contributed by atoms with Crippen LogP contribution in [-0.4, -0.2) is 15.7 Å². The van der Waals surface area contributed by atoms with Crippen LogP contribution in [0.25, 0.3) is 22.5 Å². The first-order valence-corrected chi connectivity index (χ1v) is 8.85. The third-order valence-electron chi connectivity index (χ3n) is 4.78. The summed E-state index contributed by atoms with van der Waals surface area (Å²) in [6.07, 6.45) is 1.97. The summed E-state index contributed by atoms with van der Waals surface area (Å²) in [6, 6.07) is 17.1. The number of imidazole rings is 1. The van der Waals surface area contributed by atoms with Crippen LogP contribution in [0.5, 0.6) is 0 Å². The van der Waals surface area contributed by atoms with E-state index in [1.807, 2.05) is 12.4 Å². The summed E-state index contributed by atoms with van der Waals surface area (Å²) < 4.78 is 2.23. The highest BCUT2D eigenvalue weighted by atomic mass is 15.8. The number of rotatable bonds is 4. The van der Waals surface area contributed by atoms with E-state index in [-0.39, 0.29) is 12.2 Å². The van der Waals surface area contributed by atoms with Gasteiger partial charge < -0.3 is 4.57 Å². The molecule has 1 fully saturated rings. The van der Waals surface area contributed by atoms with Gasteiger partial charge in [-0.25, -0.2) is 15.8 Å². The van der Waals surface area contributed by atoms with E-state index in [4.69, 9.17) is 4.98 Å². The Bertz CT molecular complexity index is 876. The standard InChI is InChI=1S/C20H24N6/c1-13-9-14(2)11-17(10-13)19-18(16-7-5-4-6-8-16)21-12-26(19)15(3)20-22-24-25-23-20/h4-12,15,20,22-25H,1-3H3. The lowest BCUT2D eigenvalue weighted by atomic mass is 10.0. The summed E-state index contributed by atoms with van der Waals surface area (Å²) in [5.41, 5.74) is 19.1. The Kier molecular flexibility index (Phi) is 4.57. The van der Waals surface area contributed by atoms with Crippen molar-refractivity contribution in [3.63, 3.8) is 0 Å². The maximum absolute atomic E-state index is 4.78. The minimum absolute atomic E-state index is 0.0393. The highest BCUT2D eigenvalue weighted by Gasteiger charge is 2.26. The zero-order chi connectivity index (χ0) is 18.1. The van der Waals surface area contributed by atoms with Crippen molar-refractivity contribution in [3.05, 3.63) is 66.0 Å². The van der Waals surface area contributed by atoms with E-state index in [1.165, 1.54) is 16.7 Å². The molecule has 134 valence electrons. The molecule has 1 atom stereocenters. The number of hydrazine groups is 3.